The van der Waals surface area contributed by atoms with E-state index >= 15 is 4.39 Å². The Morgan fingerprint density at radius 1 is 1.28 bits per heavy atom. The molecule has 1 aromatic carbocycles. The molecular formula is C26H36FN5O4. The Bertz CT molecular complexity index is 1050. The minimum absolute atomic E-state index is 0.121. The molecule has 1 atom stereocenters. The van der Waals surface area contributed by atoms with E-state index in [0.29, 0.717) is 42.6 Å². The molecule has 4 rings (SSSR count). The van der Waals surface area contributed by atoms with E-state index in [1.165, 1.54) is 6.07 Å². The third-order valence-electron chi connectivity index (χ3n) is 8.01. The van der Waals surface area contributed by atoms with Gasteiger partial charge in [0.25, 0.3) is 5.91 Å². The van der Waals surface area contributed by atoms with Gasteiger partial charge in [-0.15, -0.1) is 0 Å². The van der Waals surface area contributed by atoms with Crippen molar-refractivity contribution in [2.24, 2.45) is 17.0 Å². The van der Waals surface area contributed by atoms with E-state index in [4.69, 9.17) is 10.1 Å². The first-order valence-electron chi connectivity index (χ1n) is 12.8. The maximum absolute atomic E-state index is 15.4. The fraction of sp³-hybridized carbons (Fsp3) is 0.615. The highest BCUT2D eigenvalue weighted by molar-refractivity contribution is 6.66. The molecule has 0 radical (unpaired) electrons. The summed E-state index contributed by atoms with van der Waals surface area (Å²) in [6, 6.07) is 2.18. The van der Waals surface area contributed by atoms with E-state index in [2.05, 4.69) is 28.0 Å². The lowest BCUT2D eigenvalue weighted by Gasteiger charge is -2.33. The molecule has 1 spiro atoms. The summed E-state index contributed by atoms with van der Waals surface area (Å²) in [6.45, 7) is 5.65. The highest BCUT2D eigenvalue weighted by Crippen LogP contribution is 2.46. The molecule has 1 aromatic rings. The van der Waals surface area contributed by atoms with Gasteiger partial charge in [-0.25, -0.2) is 4.39 Å². The molecule has 2 aliphatic heterocycles. The number of anilines is 2. The minimum Gasteiger partial charge on any atom is -0.410 e. The minimum atomic E-state index is -0.905. The summed E-state index contributed by atoms with van der Waals surface area (Å²) >= 11 is 0. The van der Waals surface area contributed by atoms with Gasteiger partial charge in [0.1, 0.15) is 11.9 Å². The van der Waals surface area contributed by atoms with Crippen molar-refractivity contribution >= 4 is 34.6 Å². The quantitative estimate of drug-likeness (QED) is 0.220. The van der Waals surface area contributed by atoms with E-state index < -0.39 is 23.6 Å². The number of oxime groups is 1. The predicted molar refractivity (Wildman–Crippen MR) is 136 cm³/mol. The zero-order chi connectivity index (χ0) is 25.9. The van der Waals surface area contributed by atoms with Crippen LogP contribution in [0.2, 0.25) is 0 Å². The molecule has 2 heterocycles. The number of benzene rings is 1. The molecule has 1 saturated carbocycles. The van der Waals surface area contributed by atoms with E-state index in [9.17, 15) is 14.8 Å². The monoisotopic (exact) mass is 501 g/mol. The normalized spacial score (nSPS) is 23.9. The van der Waals surface area contributed by atoms with Crippen LogP contribution in [0.1, 0.15) is 64.4 Å². The Labute approximate surface area is 210 Å². The van der Waals surface area contributed by atoms with Crippen LogP contribution in [-0.4, -0.2) is 54.2 Å². The van der Waals surface area contributed by atoms with Crippen molar-refractivity contribution in [2.75, 3.05) is 30.4 Å². The molecule has 1 aliphatic carbocycles. The first kappa shape index (κ1) is 26.1. The zero-order valence-corrected chi connectivity index (χ0v) is 21.0. The average Bonchev–Trinajstić information content (AvgIpc) is 3.21. The van der Waals surface area contributed by atoms with Crippen molar-refractivity contribution in [3.8, 4) is 0 Å². The maximum atomic E-state index is 15.4. The Hall–Kier alpha value is -3.01. The van der Waals surface area contributed by atoms with Gasteiger partial charge in [0.2, 0.25) is 5.91 Å². The van der Waals surface area contributed by atoms with Crippen molar-refractivity contribution in [2.45, 2.75) is 70.3 Å². The molecule has 1 saturated heterocycles. The summed E-state index contributed by atoms with van der Waals surface area (Å²) in [6.07, 6.45) is 5.05. The Morgan fingerprint density at radius 3 is 2.61 bits per heavy atom. The SMILES string of the molecule is CCC(=N)/C(=N\O)C(=O)N[C@H](C(=O)Nc1cc(F)c2c(c1)NCC21CCOCC1)C1CCC(C)CC1. The van der Waals surface area contributed by atoms with Crippen LogP contribution in [-0.2, 0) is 19.7 Å². The number of ether oxygens (including phenoxy) is 1. The number of hydrogen-bond acceptors (Lipinski definition) is 7. The second kappa shape index (κ2) is 10.9. The van der Waals surface area contributed by atoms with Crippen LogP contribution < -0.4 is 16.0 Å². The summed E-state index contributed by atoms with van der Waals surface area (Å²) < 4.78 is 20.8. The molecule has 2 amide bonds. The molecule has 9 nitrogen and oxygen atoms in total. The van der Waals surface area contributed by atoms with E-state index in [1.807, 2.05) is 0 Å². The Morgan fingerprint density at radius 2 is 1.97 bits per heavy atom. The van der Waals surface area contributed by atoms with Gasteiger partial charge < -0.3 is 31.3 Å². The van der Waals surface area contributed by atoms with Crippen molar-refractivity contribution < 1.29 is 23.9 Å². The summed E-state index contributed by atoms with van der Waals surface area (Å²) in [5.41, 5.74) is 0.810. The average molecular weight is 502 g/mol. The van der Waals surface area contributed by atoms with Crippen LogP contribution in [0.3, 0.4) is 0 Å². The molecule has 0 bridgehead atoms. The number of halogens is 1. The summed E-state index contributed by atoms with van der Waals surface area (Å²) in [5, 5.41) is 29.0. The summed E-state index contributed by atoms with van der Waals surface area (Å²) in [7, 11) is 0. The summed E-state index contributed by atoms with van der Waals surface area (Å²) in [4.78, 5) is 26.3. The van der Waals surface area contributed by atoms with Gasteiger partial charge in [-0.05, 0) is 56.1 Å². The highest BCUT2D eigenvalue weighted by Gasteiger charge is 2.43. The number of nitrogens with one attached hydrogen (secondary N) is 4. The topological polar surface area (TPSA) is 136 Å². The third kappa shape index (κ3) is 5.23. The van der Waals surface area contributed by atoms with Crippen LogP contribution in [0.25, 0.3) is 0 Å². The molecule has 0 unspecified atom stereocenters. The maximum Gasteiger partial charge on any atom is 0.275 e. The third-order valence-corrected chi connectivity index (χ3v) is 8.01. The molecule has 10 heteroatoms. The lowest BCUT2D eigenvalue weighted by molar-refractivity contribution is -0.124. The number of nitrogens with zero attached hydrogens (tertiary/aromatic N) is 1. The number of carbonyl (C=O) groups excluding carboxylic acids is 2. The largest absolute Gasteiger partial charge is 0.410 e. The molecular weight excluding hydrogens is 465 g/mol. The Balaban J connectivity index is 1.55. The molecule has 196 valence electrons. The van der Waals surface area contributed by atoms with Crippen LogP contribution in [0.15, 0.2) is 17.3 Å². The zero-order valence-electron chi connectivity index (χ0n) is 21.0. The highest BCUT2D eigenvalue weighted by atomic mass is 19.1. The first-order chi connectivity index (χ1) is 17.3. The molecule has 36 heavy (non-hydrogen) atoms. The van der Waals surface area contributed by atoms with E-state index in [1.54, 1.807) is 13.0 Å². The fourth-order valence-electron chi connectivity index (χ4n) is 5.76. The van der Waals surface area contributed by atoms with Crippen molar-refractivity contribution in [3.05, 3.63) is 23.5 Å². The molecule has 0 aromatic heterocycles. The number of carbonyl (C=O) groups is 2. The predicted octanol–water partition coefficient (Wildman–Crippen LogP) is 3.81. The molecule has 5 N–H and O–H groups in total. The number of amides is 2. The lowest BCUT2D eigenvalue weighted by Crippen LogP contribution is -2.52. The van der Waals surface area contributed by atoms with Gasteiger partial charge >= 0.3 is 0 Å². The van der Waals surface area contributed by atoms with Gasteiger partial charge in [-0.1, -0.05) is 31.8 Å². The number of hydrogen-bond donors (Lipinski definition) is 5. The molecule has 2 fully saturated rings. The first-order valence-corrected chi connectivity index (χ1v) is 12.8. The Kier molecular flexibility index (Phi) is 7.92. The van der Waals surface area contributed by atoms with Crippen LogP contribution in [0, 0.1) is 23.1 Å². The van der Waals surface area contributed by atoms with Gasteiger partial charge in [-0.3, -0.25) is 9.59 Å². The van der Waals surface area contributed by atoms with E-state index in [-0.39, 0.29) is 29.3 Å². The van der Waals surface area contributed by atoms with Crippen molar-refractivity contribution in [3.63, 3.8) is 0 Å². The van der Waals surface area contributed by atoms with Gasteiger partial charge in [-0.2, -0.15) is 0 Å². The number of rotatable bonds is 7. The van der Waals surface area contributed by atoms with Crippen LogP contribution in [0.4, 0.5) is 15.8 Å². The molecule has 3 aliphatic rings. The van der Waals surface area contributed by atoms with Crippen molar-refractivity contribution in [1.29, 1.82) is 5.41 Å². The van der Waals surface area contributed by atoms with Crippen LogP contribution in [0.5, 0.6) is 0 Å². The van der Waals surface area contributed by atoms with Gasteiger partial charge in [0.15, 0.2) is 5.71 Å². The van der Waals surface area contributed by atoms with Gasteiger partial charge in [0, 0.05) is 42.1 Å². The van der Waals surface area contributed by atoms with Crippen molar-refractivity contribution in [1.82, 2.24) is 5.32 Å². The number of fused-ring (bicyclic) bond motifs is 2. The summed E-state index contributed by atoms with van der Waals surface area (Å²) in [5.74, 6) is -1.18. The van der Waals surface area contributed by atoms with E-state index in [0.717, 1.165) is 38.5 Å². The standard InChI is InChI=1S/C26H36FN5O4/c1-3-19(28)23(32-35)25(34)31-22(16-6-4-15(2)5-7-16)24(33)30-17-12-18(27)21-20(13-17)29-14-26(21)8-10-36-11-9-26/h12-13,15-16,22,28-29,35H,3-11,14H2,1-2H3,(H,30,33)(H,31,34)/b28-19?,32-23+/t15?,16?,22-/m0/s1. The fourth-order valence-corrected chi connectivity index (χ4v) is 5.76. The second-order valence-corrected chi connectivity index (χ2v) is 10.4. The second-order valence-electron chi connectivity index (χ2n) is 10.4. The van der Waals surface area contributed by atoms with Gasteiger partial charge in [0.05, 0.1) is 5.71 Å². The van der Waals surface area contributed by atoms with Crippen LogP contribution >= 0.6 is 0 Å². The lowest BCUT2D eigenvalue weighted by atomic mass is 9.75. The smallest absolute Gasteiger partial charge is 0.275 e.